The third-order valence-electron chi connectivity index (χ3n) is 3.67. The first-order valence-electron chi connectivity index (χ1n) is 7.52. The van der Waals surface area contributed by atoms with Gasteiger partial charge in [-0.1, -0.05) is 39.0 Å². The van der Waals surface area contributed by atoms with E-state index in [0.717, 1.165) is 11.4 Å². The van der Waals surface area contributed by atoms with Gasteiger partial charge >= 0.3 is 0 Å². The van der Waals surface area contributed by atoms with E-state index >= 15 is 0 Å². The Morgan fingerprint density at radius 2 is 2.00 bits per heavy atom. The smallest absolute Gasteiger partial charge is 0.194 e. The van der Waals surface area contributed by atoms with Crippen molar-refractivity contribution < 1.29 is 0 Å². The van der Waals surface area contributed by atoms with Gasteiger partial charge in [0.25, 0.3) is 0 Å². The van der Waals surface area contributed by atoms with Crippen LogP contribution in [0.5, 0.6) is 0 Å². The number of thiocarbonyl (C=S) groups is 1. The summed E-state index contributed by atoms with van der Waals surface area (Å²) in [4.78, 5) is 4.05. The number of hydrazone groups is 1. The summed E-state index contributed by atoms with van der Waals surface area (Å²) in [7, 11) is 0. The number of aromatic nitrogens is 3. The number of nitrogens with one attached hydrogen (secondary N) is 1. The van der Waals surface area contributed by atoms with Gasteiger partial charge in [-0.05, 0) is 24.4 Å². The maximum atomic E-state index is 5.52. The number of benzene rings is 1. The maximum Gasteiger partial charge on any atom is 0.194 e. The van der Waals surface area contributed by atoms with Gasteiger partial charge in [-0.25, -0.2) is 14.7 Å². The lowest BCUT2D eigenvalue weighted by Crippen LogP contribution is -2.33. The SMILES string of the molecule is CC(C)(C)C1=NN(C(=S)Nc2ccccc2)CC1n1cncn1. The van der Waals surface area contributed by atoms with Crippen molar-refractivity contribution in [1.29, 1.82) is 0 Å². The molecule has 0 bridgehead atoms. The summed E-state index contributed by atoms with van der Waals surface area (Å²) in [5, 5.41) is 14.7. The van der Waals surface area contributed by atoms with E-state index in [1.807, 2.05) is 40.0 Å². The van der Waals surface area contributed by atoms with Crippen molar-refractivity contribution in [2.24, 2.45) is 10.5 Å². The minimum Gasteiger partial charge on any atom is -0.331 e. The molecule has 2 aromatic rings. The van der Waals surface area contributed by atoms with Gasteiger partial charge in [-0.2, -0.15) is 10.2 Å². The zero-order valence-electron chi connectivity index (χ0n) is 13.5. The summed E-state index contributed by atoms with van der Waals surface area (Å²) < 4.78 is 1.84. The van der Waals surface area contributed by atoms with E-state index in [1.54, 1.807) is 12.7 Å². The summed E-state index contributed by atoms with van der Waals surface area (Å²) in [6.07, 6.45) is 3.27. The van der Waals surface area contributed by atoms with E-state index in [1.165, 1.54) is 0 Å². The van der Waals surface area contributed by atoms with Crippen LogP contribution in [0.3, 0.4) is 0 Å². The lowest BCUT2D eigenvalue weighted by atomic mass is 9.86. The van der Waals surface area contributed by atoms with Crippen molar-refractivity contribution in [3.05, 3.63) is 43.0 Å². The monoisotopic (exact) mass is 328 g/mol. The first-order chi connectivity index (χ1) is 10.9. The number of para-hydroxylation sites is 1. The molecule has 120 valence electrons. The van der Waals surface area contributed by atoms with Crippen molar-refractivity contribution in [3.63, 3.8) is 0 Å². The van der Waals surface area contributed by atoms with Gasteiger partial charge in [0.1, 0.15) is 18.7 Å². The minimum absolute atomic E-state index is 0.0352. The molecule has 3 rings (SSSR count). The molecule has 0 fully saturated rings. The van der Waals surface area contributed by atoms with E-state index in [4.69, 9.17) is 17.3 Å². The molecule has 1 N–H and O–H groups in total. The van der Waals surface area contributed by atoms with Crippen LogP contribution in [0.2, 0.25) is 0 Å². The topological polar surface area (TPSA) is 58.3 Å². The van der Waals surface area contributed by atoms with Crippen molar-refractivity contribution in [1.82, 2.24) is 19.8 Å². The molecule has 0 amide bonds. The van der Waals surface area contributed by atoms with E-state index < -0.39 is 0 Å². The largest absolute Gasteiger partial charge is 0.331 e. The third-order valence-corrected chi connectivity index (χ3v) is 3.99. The van der Waals surface area contributed by atoms with Gasteiger partial charge in [0.15, 0.2) is 5.11 Å². The molecular formula is C16H20N6S. The average molecular weight is 328 g/mol. The van der Waals surface area contributed by atoms with E-state index in [0.29, 0.717) is 11.7 Å². The second kappa shape index (κ2) is 6.08. The van der Waals surface area contributed by atoms with Crippen molar-refractivity contribution in [3.8, 4) is 0 Å². The predicted octanol–water partition coefficient (Wildman–Crippen LogP) is 2.93. The fourth-order valence-corrected chi connectivity index (χ4v) is 2.80. The molecule has 2 heterocycles. The van der Waals surface area contributed by atoms with Gasteiger partial charge in [-0.15, -0.1) is 0 Å². The van der Waals surface area contributed by atoms with Crippen LogP contribution in [0.1, 0.15) is 26.8 Å². The number of anilines is 1. The Morgan fingerprint density at radius 1 is 1.26 bits per heavy atom. The highest BCUT2D eigenvalue weighted by atomic mass is 32.1. The van der Waals surface area contributed by atoms with Crippen molar-refractivity contribution in [2.75, 3.05) is 11.9 Å². The Balaban J connectivity index is 1.81. The molecule has 1 aromatic carbocycles. The molecule has 0 saturated carbocycles. The summed E-state index contributed by atoms with van der Waals surface area (Å²) in [6, 6.07) is 9.90. The van der Waals surface area contributed by atoms with Crippen LogP contribution < -0.4 is 5.32 Å². The van der Waals surface area contributed by atoms with E-state index in [-0.39, 0.29) is 11.5 Å². The molecule has 23 heavy (non-hydrogen) atoms. The minimum atomic E-state index is -0.0757. The molecular weight excluding hydrogens is 308 g/mol. The van der Waals surface area contributed by atoms with Gasteiger partial charge in [0.05, 0.1) is 12.3 Å². The Kier molecular flexibility index (Phi) is 4.12. The molecule has 1 aliphatic heterocycles. The van der Waals surface area contributed by atoms with Crippen LogP contribution in [-0.4, -0.2) is 37.1 Å². The maximum absolute atomic E-state index is 5.52. The number of rotatable bonds is 2. The van der Waals surface area contributed by atoms with Crippen LogP contribution in [0.25, 0.3) is 0 Å². The number of hydrogen-bond acceptors (Lipinski definition) is 4. The van der Waals surface area contributed by atoms with Crippen LogP contribution in [-0.2, 0) is 0 Å². The summed E-state index contributed by atoms with van der Waals surface area (Å²) in [6.45, 7) is 7.08. The van der Waals surface area contributed by atoms with E-state index in [9.17, 15) is 0 Å². The zero-order valence-corrected chi connectivity index (χ0v) is 14.3. The van der Waals surface area contributed by atoms with Gasteiger partial charge < -0.3 is 5.32 Å². The lowest BCUT2D eigenvalue weighted by Gasteiger charge is -2.23. The molecule has 7 heteroatoms. The highest BCUT2D eigenvalue weighted by Crippen LogP contribution is 2.30. The Bertz CT molecular complexity index is 702. The molecule has 0 radical (unpaired) electrons. The fraction of sp³-hybridized carbons (Fsp3) is 0.375. The number of hydrogen-bond donors (Lipinski definition) is 1. The molecule has 1 unspecified atom stereocenters. The number of nitrogens with zero attached hydrogens (tertiary/aromatic N) is 5. The molecule has 1 atom stereocenters. The fourth-order valence-electron chi connectivity index (χ4n) is 2.56. The van der Waals surface area contributed by atoms with Gasteiger partial charge in [0.2, 0.25) is 0 Å². The molecule has 0 saturated heterocycles. The van der Waals surface area contributed by atoms with Crippen LogP contribution in [0, 0.1) is 5.41 Å². The highest BCUT2D eigenvalue weighted by molar-refractivity contribution is 7.80. The Morgan fingerprint density at radius 3 is 2.61 bits per heavy atom. The van der Waals surface area contributed by atoms with Crippen LogP contribution >= 0.6 is 12.2 Å². The molecule has 0 spiro atoms. The van der Waals surface area contributed by atoms with Gasteiger partial charge in [0, 0.05) is 11.1 Å². The summed E-state index contributed by atoms with van der Waals surface area (Å²) in [5.41, 5.74) is 1.92. The van der Waals surface area contributed by atoms with Crippen molar-refractivity contribution >= 4 is 28.7 Å². The lowest BCUT2D eigenvalue weighted by molar-refractivity contribution is 0.424. The third kappa shape index (κ3) is 3.39. The molecule has 1 aliphatic rings. The quantitative estimate of drug-likeness (QED) is 0.859. The molecule has 0 aliphatic carbocycles. The summed E-state index contributed by atoms with van der Waals surface area (Å²) in [5.74, 6) is 0. The first kappa shape index (κ1) is 15.6. The standard InChI is InChI=1S/C16H20N6S/c1-16(2,3)14-13(22-11-17-10-18-22)9-21(20-14)15(23)19-12-7-5-4-6-8-12/h4-8,10-11,13H,9H2,1-3H3,(H,19,23). The van der Waals surface area contributed by atoms with Crippen LogP contribution in [0.15, 0.2) is 48.1 Å². The Labute approximate surface area is 141 Å². The second-order valence-corrected chi connectivity index (χ2v) is 6.89. The van der Waals surface area contributed by atoms with Gasteiger partial charge in [-0.3, -0.25) is 0 Å². The van der Waals surface area contributed by atoms with Crippen molar-refractivity contribution in [2.45, 2.75) is 26.8 Å². The zero-order chi connectivity index (χ0) is 16.4. The molecule has 1 aromatic heterocycles. The van der Waals surface area contributed by atoms with Crippen LogP contribution in [0.4, 0.5) is 5.69 Å². The molecule has 6 nitrogen and oxygen atoms in total. The average Bonchev–Trinajstić information content (AvgIpc) is 3.17. The highest BCUT2D eigenvalue weighted by Gasteiger charge is 2.37. The van der Waals surface area contributed by atoms with E-state index in [2.05, 4.69) is 36.2 Å². The first-order valence-corrected chi connectivity index (χ1v) is 7.92. The Hall–Kier alpha value is -2.28. The predicted molar refractivity (Wildman–Crippen MR) is 95.3 cm³/mol. The second-order valence-electron chi connectivity index (χ2n) is 6.50. The normalized spacial score (nSPS) is 18.0. The summed E-state index contributed by atoms with van der Waals surface area (Å²) >= 11 is 5.52.